The molecule has 1 N–H and O–H groups in total. The zero-order valence-electron chi connectivity index (χ0n) is 14.8. The van der Waals surface area contributed by atoms with Crippen molar-refractivity contribution in [3.8, 4) is 5.75 Å². The Bertz CT molecular complexity index is 886. The normalized spacial score (nSPS) is 12.3. The molecule has 0 aromatic heterocycles. The maximum Gasteiger partial charge on any atom is 0.248 e. The van der Waals surface area contributed by atoms with Crippen LogP contribution in [-0.4, -0.2) is 33.7 Å². The Morgan fingerprint density at radius 3 is 2.50 bits per heavy atom. The number of ether oxygens (including phenoxy) is 1. The van der Waals surface area contributed by atoms with Crippen LogP contribution in [0.4, 0.5) is 11.4 Å². The van der Waals surface area contributed by atoms with Gasteiger partial charge in [0.05, 0.1) is 19.1 Å². The van der Waals surface area contributed by atoms with Crippen LogP contribution in [0.3, 0.4) is 0 Å². The maximum absolute atomic E-state index is 12.8. The Morgan fingerprint density at radius 1 is 1.23 bits per heavy atom. The molecule has 0 aliphatic carbocycles. The molecule has 0 aliphatic rings. The number of benzene rings is 2. The monoisotopic (exact) mass is 396 g/mol. The lowest BCUT2D eigenvalue weighted by molar-refractivity contribution is -0.117. The topological polar surface area (TPSA) is 75.7 Å². The van der Waals surface area contributed by atoms with Crippen molar-refractivity contribution in [1.29, 1.82) is 0 Å². The van der Waals surface area contributed by atoms with E-state index in [0.717, 1.165) is 10.6 Å². The number of hydrogen-bond donors (Lipinski definition) is 1. The van der Waals surface area contributed by atoms with Gasteiger partial charge in [0.2, 0.25) is 15.9 Å². The fourth-order valence-electron chi connectivity index (χ4n) is 2.60. The first-order valence-corrected chi connectivity index (χ1v) is 10.2. The van der Waals surface area contributed by atoms with E-state index in [9.17, 15) is 13.2 Å². The van der Waals surface area contributed by atoms with Gasteiger partial charge in [0, 0.05) is 16.8 Å². The van der Waals surface area contributed by atoms with Crippen molar-refractivity contribution in [2.24, 2.45) is 0 Å². The van der Waals surface area contributed by atoms with Gasteiger partial charge in [-0.25, -0.2) is 8.42 Å². The van der Waals surface area contributed by atoms with Gasteiger partial charge >= 0.3 is 0 Å². The molecule has 0 saturated heterocycles. The maximum atomic E-state index is 12.8. The summed E-state index contributed by atoms with van der Waals surface area (Å²) in [5, 5.41) is 3.20. The molecule has 0 unspecified atom stereocenters. The summed E-state index contributed by atoms with van der Waals surface area (Å²) in [4.78, 5) is 12.8. The van der Waals surface area contributed by atoms with Crippen LogP contribution in [0.15, 0.2) is 48.5 Å². The molecular weight excluding hydrogens is 376 g/mol. The Morgan fingerprint density at radius 2 is 1.92 bits per heavy atom. The fraction of sp³-hybridized carbons (Fsp3) is 0.278. The highest BCUT2D eigenvalue weighted by atomic mass is 35.5. The molecule has 0 radical (unpaired) electrons. The molecule has 1 amide bonds. The van der Waals surface area contributed by atoms with Crippen molar-refractivity contribution in [2.75, 3.05) is 23.0 Å². The summed E-state index contributed by atoms with van der Waals surface area (Å²) < 4.78 is 31.1. The summed E-state index contributed by atoms with van der Waals surface area (Å²) >= 11 is 5.93. The Hall–Kier alpha value is -2.25. The molecule has 8 heteroatoms. The largest absolute Gasteiger partial charge is 0.497 e. The summed E-state index contributed by atoms with van der Waals surface area (Å²) in [6.07, 6.45) is 1.36. The first-order valence-electron chi connectivity index (χ1n) is 7.96. The number of methoxy groups -OCH3 is 1. The number of carbonyl (C=O) groups excluding carboxylic acids is 1. The standard InChI is InChI=1S/C18H21ClN2O4S/c1-4-17(18(22)20-14-8-5-7-13(19)11-14)21(26(3,23)24)15-9-6-10-16(12-15)25-2/h5-12,17H,4H2,1-3H3,(H,20,22)/t17-/m0/s1. The zero-order chi connectivity index (χ0) is 19.3. The van der Waals surface area contributed by atoms with Gasteiger partial charge in [-0.2, -0.15) is 0 Å². The van der Waals surface area contributed by atoms with E-state index in [-0.39, 0.29) is 6.42 Å². The molecule has 0 spiro atoms. The van der Waals surface area contributed by atoms with E-state index in [1.807, 2.05) is 0 Å². The van der Waals surface area contributed by atoms with Gasteiger partial charge in [-0.1, -0.05) is 30.7 Å². The van der Waals surface area contributed by atoms with E-state index >= 15 is 0 Å². The number of carbonyl (C=O) groups is 1. The highest BCUT2D eigenvalue weighted by Crippen LogP contribution is 2.27. The number of anilines is 2. The molecule has 26 heavy (non-hydrogen) atoms. The van der Waals surface area contributed by atoms with Gasteiger partial charge in [-0.3, -0.25) is 9.10 Å². The SMILES string of the molecule is CC[C@@H](C(=O)Nc1cccc(Cl)c1)N(c1cccc(OC)c1)S(C)(=O)=O. The van der Waals surface area contributed by atoms with Gasteiger partial charge in [0.1, 0.15) is 11.8 Å². The fourth-order valence-corrected chi connectivity index (χ4v) is 3.99. The lowest BCUT2D eigenvalue weighted by Crippen LogP contribution is -2.47. The number of nitrogens with one attached hydrogen (secondary N) is 1. The first-order chi connectivity index (χ1) is 12.3. The van der Waals surface area contributed by atoms with Crippen molar-refractivity contribution in [3.63, 3.8) is 0 Å². The lowest BCUT2D eigenvalue weighted by atomic mass is 10.1. The third-order valence-corrected chi connectivity index (χ3v) is 5.14. The van der Waals surface area contributed by atoms with Crippen molar-refractivity contribution in [3.05, 3.63) is 53.6 Å². The summed E-state index contributed by atoms with van der Waals surface area (Å²) in [6, 6.07) is 12.3. The summed E-state index contributed by atoms with van der Waals surface area (Å²) in [5.74, 6) is 0.0595. The summed E-state index contributed by atoms with van der Waals surface area (Å²) in [6.45, 7) is 1.75. The smallest absolute Gasteiger partial charge is 0.248 e. The minimum atomic E-state index is -3.71. The Kier molecular flexibility index (Phi) is 6.50. The average Bonchev–Trinajstić information content (AvgIpc) is 2.58. The molecule has 1 atom stereocenters. The molecule has 0 heterocycles. The van der Waals surface area contributed by atoms with E-state index < -0.39 is 22.0 Å². The van der Waals surface area contributed by atoms with Gasteiger partial charge in [-0.05, 0) is 36.8 Å². The minimum absolute atomic E-state index is 0.288. The second kappa shape index (κ2) is 8.42. The number of nitrogens with zero attached hydrogens (tertiary/aromatic N) is 1. The minimum Gasteiger partial charge on any atom is -0.497 e. The number of amides is 1. The molecule has 0 aliphatic heterocycles. The molecule has 2 rings (SSSR count). The van der Waals surface area contributed by atoms with Crippen LogP contribution < -0.4 is 14.4 Å². The van der Waals surface area contributed by atoms with Crippen molar-refractivity contribution >= 4 is 38.9 Å². The van der Waals surface area contributed by atoms with E-state index in [4.69, 9.17) is 16.3 Å². The van der Waals surface area contributed by atoms with Gasteiger partial charge in [0.15, 0.2) is 0 Å². The summed E-state index contributed by atoms with van der Waals surface area (Å²) in [5.41, 5.74) is 0.861. The molecule has 6 nitrogen and oxygen atoms in total. The van der Waals surface area contributed by atoms with Crippen molar-refractivity contribution < 1.29 is 17.9 Å². The Balaban J connectivity index is 2.39. The van der Waals surface area contributed by atoms with Crippen LogP contribution >= 0.6 is 11.6 Å². The van der Waals surface area contributed by atoms with Crippen LogP contribution in [0.25, 0.3) is 0 Å². The second-order valence-corrected chi connectivity index (χ2v) is 7.98. The van der Waals surface area contributed by atoms with Crippen molar-refractivity contribution in [2.45, 2.75) is 19.4 Å². The van der Waals surface area contributed by atoms with Crippen LogP contribution in [0.2, 0.25) is 5.02 Å². The third-order valence-electron chi connectivity index (χ3n) is 3.73. The number of sulfonamides is 1. The van der Waals surface area contributed by atoms with Crippen LogP contribution in [0.5, 0.6) is 5.75 Å². The Labute approximate surface area is 158 Å². The van der Waals surface area contributed by atoms with E-state index in [0.29, 0.717) is 22.1 Å². The highest BCUT2D eigenvalue weighted by molar-refractivity contribution is 7.92. The van der Waals surface area contributed by atoms with Crippen LogP contribution in [0.1, 0.15) is 13.3 Å². The van der Waals surface area contributed by atoms with Gasteiger partial charge < -0.3 is 10.1 Å². The molecule has 0 fully saturated rings. The first kappa shape index (κ1) is 20.1. The predicted molar refractivity (Wildman–Crippen MR) is 104 cm³/mol. The highest BCUT2D eigenvalue weighted by Gasteiger charge is 2.31. The molecule has 0 bridgehead atoms. The van der Waals surface area contributed by atoms with E-state index in [1.165, 1.54) is 7.11 Å². The number of halogens is 1. The molecule has 0 saturated carbocycles. The van der Waals surface area contributed by atoms with E-state index in [1.54, 1.807) is 55.5 Å². The predicted octanol–water partition coefficient (Wildman–Crippen LogP) is 3.53. The summed E-state index contributed by atoms with van der Waals surface area (Å²) in [7, 11) is -2.22. The zero-order valence-corrected chi connectivity index (χ0v) is 16.3. The van der Waals surface area contributed by atoms with Gasteiger partial charge in [-0.15, -0.1) is 0 Å². The molecule has 2 aromatic rings. The van der Waals surface area contributed by atoms with Crippen molar-refractivity contribution in [1.82, 2.24) is 0 Å². The van der Waals surface area contributed by atoms with Gasteiger partial charge in [0.25, 0.3) is 0 Å². The average molecular weight is 397 g/mol. The third kappa shape index (κ3) is 4.89. The number of hydrogen-bond acceptors (Lipinski definition) is 4. The second-order valence-electron chi connectivity index (χ2n) is 5.68. The molecule has 140 valence electrons. The van der Waals surface area contributed by atoms with Crippen LogP contribution in [-0.2, 0) is 14.8 Å². The van der Waals surface area contributed by atoms with Crippen LogP contribution in [0, 0.1) is 0 Å². The lowest BCUT2D eigenvalue weighted by Gasteiger charge is -2.30. The molecular formula is C18H21ClN2O4S. The van der Waals surface area contributed by atoms with E-state index in [2.05, 4.69) is 5.32 Å². The quantitative estimate of drug-likeness (QED) is 0.776. The number of rotatable bonds is 7. The molecule has 2 aromatic carbocycles.